The highest BCUT2D eigenvalue weighted by Gasteiger charge is 2.30. The van der Waals surface area contributed by atoms with E-state index in [-0.39, 0.29) is 5.91 Å². The van der Waals surface area contributed by atoms with Crippen LogP contribution in [0.25, 0.3) is 0 Å². The van der Waals surface area contributed by atoms with Crippen molar-refractivity contribution in [2.45, 2.75) is 51.7 Å². The lowest BCUT2D eigenvalue weighted by Crippen LogP contribution is -2.55. The van der Waals surface area contributed by atoms with Gasteiger partial charge in [-0.2, -0.15) is 0 Å². The molecule has 1 atom stereocenters. The van der Waals surface area contributed by atoms with Crippen molar-refractivity contribution in [1.82, 2.24) is 10.2 Å². The number of rotatable bonds is 8. The van der Waals surface area contributed by atoms with Crippen molar-refractivity contribution in [2.24, 2.45) is 5.73 Å². The molecule has 3 N–H and O–H groups in total. The van der Waals surface area contributed by atoms with Gasteiger partial charge >= 0.3 is 0 Å². The van der Waals surface area contributed by atoms with Crippen LogP contribution in [0.15, 0.2) is 0 Å². The number of carbonyl (C=O) groups is 1. The van der Waals surface area contributed by atoms with E-state index in [1.807, 2.05) is 20.8 Å². The Kier molecular flexibility index (Phi) is 6.75. The van der Waals surface area contributed by atoms with E-state index in [1.165, 1.54) is 0 Å². The summed E-state index contributed by atoms with van der Waals surface area (Å²) in [6.07, 6.45) is 3.35. The Balaban J connectivity index is 2.34. The number of hydrogen-bond acceptors (Lipinski definition) is 4. The van der Waals surface area contributed by atoms with E-state index in [4.69, 9.17) is 10.5 Å². The SMILES string of the molecule is CCNC(C)(CCN1CCC(OCC)CC1)C(N)=O. The number of nitrogens with one attached hydrogen (secondary N) is 1. The van der Waals surface area contributed by atoms with Crippen LogP contribution in [0, 0.1) is 0 Å². The summed E-state index contributed by atoms with van der Waals surface area (Å²) in [6, 6.07) is 0. The van der Waals surface area contributed by atoms with E-state index in [0.717, 1.165) is 52.0 Å². The highest BCUT2D eigenvalue weighted by molar-refractivity contribution is 5.84. The average molecular weight is 271 g/mol. The zero-order valence-corrected chi connectivity index (χ0v) is 12.6. The number of likely N-dealkylation sites (tertiary alicyclic amines) is 1. The largest absolute Gasteiger partial charge is 0.378 e. The summed E-state index contributed by atoms with van der Waals surface area (Å²) < 4.78 is 5.64. The standard InChI is InChI=1S/C14H29N3O2/c1-4-16-14(3,13(15)18)8-11-17-9-6-12(7-10-17)19-5-2/h12,16H,4-11H2,1-3H3,(H2,15,18). The summed E-state index contributed by atoms with van der Waals surface area (Å²) in [5, 5.41) is 3.20. The Labute approximate surface area is 116 Å². The number of amides is 1. The molecule has 1 aliphatic rings. The van der Waals surface area contributed by atoms with Crippen LogP contribution in [-0.2, 0) is 9.53 Å². The first-order valence-electron chi connectivity index (χ1n) is 7.40. The van der Waals surface area contributed by atoms with Crippen molar-refractivity contribution in [3.8, 4) is 0 Å². The van der Waals surface area contributed by atoms with E-state index in [1.54, 1.807) is 0 Å². The van der Waals surface area contributed by atoms with Crippen LogP contribution in [0.4, 0.5) is 0 Å². The van der Waals surface area contributed by atoms with Crippen LogP contribution in [0.1, 0.15) is 40.0 Å². The first-order chi connectivity index (χ1) is 9.01. The molecule has 1 amide bonds. The van der Waals surface area contributed by atoms with Gasteiger partial charge in [-0.05, 0) is 39.7 Å². The number of nitrogens with two attached hydrogens (primary N) is 1. The quantitative estimate of drug-likeness (QED) is 0.683. The Hall–Kier alpha value is -0.650. The number of piperidine rings is 1. The maximum atomic E-state index is 11.5. The van der Waals surface area contributed by atoms with Crippen molar-refractivity contribution in [3.05, 3.63) is 0 Å². The molecule has 1 rings (SSSR count). The van der Waals surface area contributed by atoms with Gasteiger partial charge in [0.15, 0.2) is 0 Å². The number of ether oxygens (including phenoxy) is 1. The highest BCUT2D eigenvalue weighted by atomic mass is 16.5. The fraction of sp³-hybridized carbons (Fsp3) is 0.929. The first kappa shape index (κ1) is 16.4. The fourth-order valence-corrected chi connectivity index (χ4v) is 2.61. The maximum absolute atomic E-state index is 11.5. The van der Waals surface area contributed by atoms with E-state index in [0.29, 0.717) is 6.10 Å². The topological polar surface area (TPSA) is 67.6 Å². The second kappa shape index (κ2) is 7.82. The van der Waals surface area contributed by atoms with E-state index in [9.17, 15) is 4.79 Å². The molecule has 0 spiro atoms. The normalized spacial score (nSPS) is 21.2. The van der Waals surface area contributed by atoms with Crippen molar-refractivity contribution in [1.29, 1.82) is 0 Å². The number of carbonyl (C=O) groups excluding carboxylic acids is 1. The van der Waals surface area contributed by atoms with Crippen molar-refractivity contribution in [3.63, 3.8) is 0 Å². The van der Waals surface area contributed by atoms with Gasteiger partial charge in [-0.3, -0.25) is 4.79 Å². The van der Waals surface area contributed by atoms with Crippen LogP contribution < -0.4 is 11.1 Å². The molecule has 5 nitrogen and oxygen atoms in total. The lowest BCUT2D eigenvalue weighted by molar-refractivity contribution is -0.124. The molecule has 0 aromatic rings. The summed E-state index contributed by atoms with van der Waals surface area (Å²) in [5.74, 6) is -0.265. The molecule has 0 aliphatic carbocycles. The van der Waals surface area contributed by atoms with E-state index in [2.05, 4.69) is 10.2 Å². The first-order valence-corrected chi connectivity index (χ1v) is 7.40. The second-order valence-electron chi connectivity index (χ2n) is 5.47. The predicted octanol–water partition coefficient (Wildman–Crippen LogP) is 0.731. The van der Waals surface area contributed by atoms with Crippen LogP contribution in [-0.4, -0.2) is 55.2 Å². The number of likely N-dealkylation sites (N-methyl/N-ethyl adjacent to an activating group) is 1. The molecule has 0 radical (unpaired) electrons. The number of hydrogen-bond donors (Lipinski definition) is 2. The zero-order chi connectivity index (χ0) is 14.3. The molecule has 1 fully saturated rings. The minimum absolute atomic E-state index is 0.265. The minimum atomic E-state index is -0.592. The van der Waals surface area contributed by atoms with E-state index >= 15 is 0 Å². The molecule has 0 aromatic carbocycles. The molecule has 5 heteroatoms. The summed E-state index contributed by atoms with van der Waals surface area (Å²) in [5.41, 5.74) is 4.90. The third-order valence-corrected chi connectivity index (χ3v) is 3.98. The lowest BCUT2D eigenvalue weighted by atomic mass is 9.95. The average Bonchev–Trinajstić information content (AvgIpc) is 2.38. The Morgan fingerprint density at radius 1 is 1.42 bits per heavy atom. The van der Waals surface area contributed by atoms with Gasteiger partial charge in [-0.1, -0.05) is 6.92 Å². The molecular weight excluding hydrogens is 242 g/mol. The lowest BCUT2D eigenvalue weighted by Gasteiger charge is -2.34. The minimum Gasteiger partial charge on any atom is -0.378 e. The van der Waals surface area contributed by atoms with Crippen molar-refractivity contribution < 1.29 is 9.53 Å². The van der Waals surface area contributed by atoms with E-state index < -0.39 is 5.54 Å². The molecule has 1 heterocycles. The molecule has 0 saturated carbocycles. The van der Waals surface area contributed by atoms with Gasteiger partial charge in [0.05, 0.1) is 11.6 Å². The maximum Gasteiger partial charge on any atom is 0.237 e. The van der Waals surface area contributed by atoms with Gasteiger partial charge in [0.2, 0.25) is 5.91 Å². The monoisotopic (exact) mass is 271 g/mol. The summed E-state index contributed by atoms with van der Waals surface area (Å²) in [4.78, 5) is 13.9. The molecule has 112 valence electrons. The van der Waals surface area contributed by atoms with Crippen molar-refractivity contribution in [2.75, 3.05) is 32.8 Å². The third kappa shape index (κ3) is 5.09. The molecule has 1 unspecified atom stereocenters. The van der Waals surface area contributed by atoms with Crippen molar-refractivity contribution >= 4 is 5.91 Å². The Morgan fingerprint density at radius 2 is 2.05 bits per heavy atom. The predicted molar refractivity (Wildman–Crippen MR) is 77.0 cm³/mol. The van der Waals surface area contributed by atoms with Crippen LogP contribution in [0.3, 0.4) is 0 Å². The smallest absolute Gasteiger partial charge is 0.237 e. The number of primary amides is 1. The number of nitrogens with zero attached hydrogens (tertiary/aromatic N) is 1. The summed E-state index contributed by atoms with van der Waals surface area (Å²) >= 11 is 0. The molecule has 0 aromatic heterocycles. The second-order valence-corrected chi connectivity index (χ2v) is 5.47. The fourth-order valence-electron chi connectivity index (χ4n) is 2.61. The molecule has 1 saturated heterocycles. The van der Waals surface area contributed by atoms with Gasteiger partial charge in [0.1, 0.15) is 0 Å². The van der Waals surface area contributed by atoms with Crippen LogP contribution in [0.2, 0.25) is 0 Å². The van der Waals surface area contributed by atoms with Crippen LogP contribution in [0.5, 0.6) is 0 Å². The van der Waals surface area contributed by atoms with Gasteiger partial charge in [-0.25, -0.2) is 0 Å². The summed E-state index contributed by atoms with van der Waals surface area (Å²) in [6.45, 7) is 10.5. The molecular formula is C14H29N3O2. The molecule has 1 aliphatic heterocycles. The Morgan fingerprint density at radius 3 is 2.53 bits per heavy atom. The van der Waals surface area contributed by atoms with Gasteiger partial charge in [0.25, 0.3) is 0 Å². The van der Waals surface area contributed by atoms with Gasteiger partial charge < -0.3 is 20.7 Å². The summed E-state index contributed by atoms with van der Waals surface area (Å²) in [7, 11) is 0. The molecule has 0 bridgehead atoms. The Bertz CT molecular complexity index is 278. The molecule has 19 heavy (non-hydrogen) atoms. The zero-order valence-electron chi connectivity index (χ0n) is 12.6. The van der Waals surface area contributed by atoms with Crippen LogP contribution >= 0.6 is 0 Å². The van der Waals surface area contributed by atoms with Gasteiger partial charge in [0, 0.05) is 26.2 Å². The van der Waals surface area contributed by atoms with Gasteiger partial charge in [-0.15, -0.1) is 0 Å². The highest BCUT2D eigenvalue weighted by Crippen LogP contribution is 2.16. The third-order valence-electron chi connectivity index (χ3n) is 3.98.